The Morgan fingerprint density at radius 2 is 1.94 bits per heavy atom. The summed E-state index contributed by atoms with van der Waals surface area (Å²) in [6.07, 6.45) is 1.36. The topological polar surface area (TPSA) is 38.8 Å². The molecule has 3 aromatic rings. The van der Waals surface area contributed by atoms with E-state index in [0.29, 0.717) is 41.9 Å². The fourth-order valence-electron chi connectivity index (χ4n) is 4.00. The molecule has 0 saturated heterocycles. The molecule has 0 fully saturated rings. The standard InChI is InChI=1S/C25H18Cl2FNO3/c1-14-9-21-18(12-29(13-31-21)11-15-5-7-16(26)8-6-15)25-23(14)24(30)22(32-25)10-17-19(27)3-2-4-20(17)28/h2-10H,11-13H2,1H3/b22-10-. The normalized spacial score (nSPS) is 16.5. The van der Waals surface area contributed by atoms with E-state index in [9.17, 15) is 9.18 Å². The first kappa shape index (κ1) is 21.0. The van der Waals surface area contributed by atoms with E-state index in [1.807, 2.05) is 37.3 Å². The van der Waals surface area contributed by atoms with Gasteiger partial charge in [0.1, 0.15) is 24.0 Å². The molecule has 0 spiro atoms. The maximum absolute atomic E-state index is 14.3. The average Bonchev–Trinajstić information content (AvgIpc) is 3.10. The molecule has 2 aliphatic heterocycles. The molecule has 0 N–H and O–H groups in total. The molecule has 0 aliphatic carbocycles. The van der Waals surface area contributed by atoms with Gasteiger partial charge in [-0.25, -0.2) is 4.39 Å². The van der Waals surface area contributed by atoms with Crippen LogP contribution in [0.4, 0.5) is 4.39 Å². The van der Waals surface area contributed by atoms with Gasteiger partial charge in [-0.2, -0.15) is 0 Å². The van der Waals surface area contributed by atoms with E-state index in [2.05, 4.69) is 4.90 Å². The number of rotatable bonds is 3. The van der Waals surface area contributed by atoms with Gasteiger partial charge in [-0.15, -0.1) is 0 Å². The third-order valence-electron chi connectivity index (χ3n) is 5.58. The van der Waals surface area contributed by atoms with Crippen LogP contribution in [0.5, 0.6) is 11.5 Å². The number of aryl methyl sites for hydroxylation is 1. The first-order valence-electron chi connectivity index (χ1n) is 10.0. The number of hydrogen-bond donors (Lipinski definition) is 0. The smallest absolute Gasteiger partial charge is 0.232 e. The summed E-state index contributed by atoms with van der Waals surface area (Å²) in [6, 6.07) is 13.9. The summed E-state index contributed by atoms with van der Waals surface area (Å²) in [4.78, 5) is 15.2. The second-order valence-electron chi connectivity index (χ2n) is 7.84. The highest BCUT2D eigenvalue weighted by Gasteiger charge is 2.35. The third kappa shape index (κ3) is 3.77. The number of benzene rings is 3. The molecule has 2 aliphatic rings. The molecule has 0 saturated carbocycles. The van der Waals surface area contributed by atoms with Gasteiger partial charge in [-0.1, -0.05) is 41.4 Å². The number of carbonyl (C=O) groups is 1. The van der Waals surface area contributed by atoms with E-state index in [-0.39, 0.29) is 22.1 Å². The van der Waals surface area contributed by atoms with Crippen LogP contribution in [-0.4, -0.2) is 17.4 Å². The molecular weight excluding hydrogens is 452 g/mol. The lowest BCUT2D eigenvalue weighted by atomic mass is 9.98. The molecule has 4 nitrogen and oxygen atoms in total. The van der Waals surface area contributed by atoms with Crippen LogP contribution in [0, 0.1) is 12.7 Å². The summed E-state index contributed by atoms with van der Waals surface area (Å²) in [7, 11) is 0. The minimum Gasteiger partial charge on any atom is -0.478 e. The average molecular weight is 470 g/mol. The Morgan fingerprint density at radius 1 is 1.16 bits per heavy atom. The lowest BCUT2D eigenvalue weighted by molar-refractivity contribution is 0.0872. The quantitative estimate of drug-likeness (QED) is 0.415. The predicted octanol–water partition coefficient (Wildman–Crippen LogP) is 6.41. The number of carbonyl (C=O) groups excluding carboxylic acids is 1. The SMILES string of the molecule is Cc1cc2c(c3c1C(=O)/C(=C/c1c(F)cccc1Cl)O3)CN(Cc1ccc(Cl)cc1)CO2. The van der Waals surface area contributed by atoms with E-state index in [1.54, 1.807) is 6.07 Å². The van der Waals surface area contributed by atoms with Crippen molar-refractivity contribution in [2.75, 3.05) is 6.73 Å². The van der Waals surface area contributed by atoms with Crippen molar-refractivity contribution in [1.29, 1.82) is 0 Å². The van der Waals surface area contributed by atoms with Crippen LogP contribution in [0.25, 0.3) is 6.08 Å². The minimum absolute atomic E-state index is 0.0401. The number of ketones is 1. The number of hydrogen-bond acceptors (Lipinski definition) is 4. The number of allylic oxidation sites excluding steroid dienone is 1. The van der Waals surface area contributed by atoms with Crippen molar-refractivity contribution in [2.45, 2.75) is 20.0 Å². The first-order valence-corrected chi connectivity index (χ1v) is 10.8. The molecule has 162 valence electrons. The van der Waals surface area contributed by atoms with Gasteiger partial charge in [-0.3, -0.25) is 9.69 Å². The lowest BCUT2D eigenvalue weighted by Gasteiger charge is -2.30. The molecule has 2 heterocycles. The van der Waals surface area contributed by atoms with Gasteiger partial charge >= 0.3 is 0 Å². The third-order valence-corrected chi connectivity index (χ3v) is 6.16. The van der Waals surface area contributed by atoms with Crippen LogP contribution in [0.3, 0.4) is 0 Å². The highest BCUT2D eigenvalue weighted by atomic mass is 35.5. The Balaban J connectivity index is 1.48. The fraction of sp³-hybridized carbons (Fsp3) is 0.160. The number of halogens is 3. The van der Waals surface area contributed by atoms with E-state index in [0.717, 1.165) is 16.7 Å². The van der Waals surface area contributed by atoms with Gasteiger partial charge < -0.3 is 9.47 Å². The highest BCUT2D eigenvalue weighted by Crippen LogP contribution is 2.44. The lowest BCUT2D eigenvalue weighted by Crippen LogP contribution is -2.31. The van der Waals surface area contributed by atoms with Crippen molar-refractivity contribution in [3.63, 3.8) is 0 Å². The molecule has 7 heteroatoms. The van der Waals surface area contributed by atoms with Gasteiger partial charge in [0.05, 0.1) is 16.1 Å². The zero-order chi connectivity index (χ0) is 22.4. The first-order chi connectivity index (χ1) is 15.4. The highest BCUT2D eigenvalue weighted by molar-refractivity contribution is 6.32. The predicted molar refractivity (Wildman–Crippen MR) is 122 cm³/mol. The number of fused-ring (bicyclic) bond motifs is 3. The fourth-order valence-corrected chi connectivity index (χ4v) is 4.35. The number of nitrogens with zero attached hydrogens (tertiary/aromatic N) is 1. The molecule has 0 atom stereocenters. The summed E-state index contributed by atoms with van der Waals surface area (Å²) >= 11 is 12.1. The van der Waals surface area contributed by atoms with Gasteiger partial charge in [-0.05, 0) is 54.5 Å². The van der Waals surface area contributed by atoms with Crippen LogP contribution in [0.2, 0.25) is 10.0 Å². The van der Waals surface area contributed by atoms with Crippen molar-refractivity contribution < 1.29 is 18.7 Å². The summed E-state index contributed by atoms with van der Waals surface area (Å²) in [5, 5.41) is 0.893. The zero-order valence-electron chi connectivity index (χ0n) is 17.1. The van der Waals surface area contributed by atoms with E-state index in [4.69, 9.17) is 32.7 Å². The zero-order valence-corrected chi connectivity index (χ0v) is 18.6. The maximum Gasteiger partial charge on any atom is 0.232 e. The Hall–Kier alpha value is -2.86. The largest absolute Gasteiger partial charge is 0.478 e. The van der Waals surface area contributed by atoms with Gasteiger partial charge in [0, 0.05) is 23.7 Å². The summed E-state index contributed by atoms with van der Waals surface area (Å²) in [5.41, 5.74) is 3.23. The van der Waals surface area contributed by atoms with E-state index < -0.39 is 5.82 Å². The second-order valence-corrected chi connectivity index (χ2v) is 8.68. The molecule has 32 heavy (non-hydrogen) atoms. The van der Waals surface area contributed by atoms with Crippen LogP contribution in [0.1, 0.15) is 32.6 Å². The molecule has 0 radical (unpaired) electrons. The van der Waals surface area contributed by atoms with Gasteiger partial charge in [0.25, 0.3) is 0 Å². The van der Waals surface area contributed by atoms with Crippen LogP contribution in [-0.2, 0) is 13.1 Å². The van der Waals surface area contributed by atoms with Crippen LogP contribution in [0.15, 0.2) is 54.3 Å². The molecule has 5 rings (SSSR count). The molecular formula is C25H18Cl2FNO3. The van der Waals surface area contributed by atoms with Gasteiger partial charge in [0.15, 0.2) is 5.76 Å². The molecule has 0 amide bonds. The Morgan fingerprint density at radius 3 is 2.69 bits per heavy atom. The van der Waals surface area contributed by atoms with Crippen molar-refractivity contribution in [3.8, 4) is 11.5 Å². The second kappa shape index (κ2) is 8.24. The molecule has 0 unspecified atom stereocenters. The molecule has 3 aromatic carbocycles. The number of ether oxygens (including phenoxy) is 2. The maximum atomic E-state index is 14.3. The van der Waals surface area contributed by atoms with Crippen molar-refractivity contribution in [3.05, 3.63) is 98.0 Å². The Labute approximate surface area is 194 Å². The summed E-state index contributed by atoms with van der Waals surface area (Å²) in [6.45, 7) is 3.44. The monoisotopic (exact) mass is 469 g/mol. The van der Waals surface area contributed by atoms with Crippen LogP contribution < -0.4 is 9.47 Å². The molecule has 0 aromatic heterocycles. The Kier molecular flexibility index (Phi) is 5.41. The molecule has 0 bridgehead atoms. The Bertz CT molecular complexity index is 1250. The van der Waals surface area contributed by atoms with E-state index >= 15 is 0 Å². The van der Waals surface area contributed by atoms with Gasteiger partial charge in [0.2, 0.25) is 5.78 Å². The van der Waals surface area contributed by atoms with Crippen molar-refractivity contribution in [2.24, 2.45) is 0 Å². The van der Waals surface area contributed by atoms with E-state index in [1.165, 1.54) is 18.2 Å². The number of Topliss-reactive ketones (excluding diaryl/α,β-unsaturated/α-hetero) is 1. The van der Waals surface area contributed by atoms with Crippen molar-refractivity contribution >= 4 is 35.1 Å². The minimum atomic E-state index is -0.520. The van der Waals surface area contributed by atoms with Crippen LogP contribution >= 0.6 is 23.2 Å². The summed E-state index contributed by atoms with van der Waals surface area (Å²) < 4.78 is 26.2. The summed E-state index contributed by atoms with van der Waals surface area (Å²) in [5.74, 6) is 0.373. The van der Waals surface area contributed by atoms with Crippen molar-refractivity contribution in [1.82, 2.24) is 4.90 Å².